The lowest BCUT2D eigenvalue weighted by Crippen LogP contribution is -2.39. The number of phenolic OH excluding ortho intramolecular Hbond substituents is 1. The number of benzene rings is 2. The summed E-state index contributed by atoms with van der Waals surface area (Å²) < 4.78 is 23.1. The molecule has 0 bridgehead atoms. The normalized spacial score (nSPS) is 16.3. The number of carbonyl (C=O) groups excluding carboxylic acids is 1. The first kappa shape index (κ1) is 21.9. The Bertz CT molecular complexity index is 1190. The third-order valence-electron chi connectivity index (χ3n) is 4.30. The second kappa shape index (κ2) is 8.52. The summed E-state index contributed by atoms with van der Waals surface area (Å²) in [5, 5.41) is 22.3. The van der Waals surface area contributed by atoms with Gasteiger partial charge in [-0.2, -0.15) is 5.26 Å². The Morgan fingerprint density at radius 2 is 2.03 bits per heavy atom. The number of aliphatic imine (C=N–C) groups is 1. The first-order valence-electron chi connectivity index (χ1n) is 8.64. The Morgan fingerprint density at radius 3 is 2.67 bits per heavy atom. The molecule has 0 spiro atoms. The van der Waals surface area contributed by atoms with Crippen LogP contribution < -0.4 is 10.2 Å². The smallest absolute Gasteiger partial charge is 0.258 e. The van der Waals surface area contributed by atoms with E-state index >= 15 is 0 Å². The van der Waals surface area contributed by atoms with E-state index in [9.17, 15) is 18.3 Å². The van der Waals surface area contributed by atoms with E-state index in [1.54, 1.807) is 18.2 Å². The van der Waals surface area contributed by atoms with Gasteiger partial charge < -0.3 is 10.4 Å². The zero-order valence-corrected chi connectivity index (χ0v) is 18.0. The van der Waals surface area contributed by atoms with E-state index in [0.29, 0.717) is 0 Å². The van der Waals surface area contributed by atoms with Crippen LogP contribution in [0.4, 0.5) is 11.4 Å². The molecule has 1 heterocycles. The average molecular weight is 467 g/mol. The summed E-state index contributed by atoms with van der Waals surface area (Å²) in [7, 11) is -3.30. The van der Waals surface area contributed by atoms with Crippen molar-refractivity contribution in [2.45, 2.75) is 12.5 Å². The Morgan fingerprint density at radius 1 is 1.30 bits per heavy atom. The molecule has 1 atom stereocenters. The predicted octanol–water partition coefficient (Wildman–Crippen LogP) is 3.19. The summed E-state index contributed by atoms with van der Waals surface area (Å²) in [6.45, 7) is 0. The molecule has 0 aromatic heterocycles. The number of hydrogen-bond acceptors (Lipinski definition) is 7. The van der Waals surface area contributed by atoms with Gasteiger partial charge in [-0.05, 0) is 36.8 Å². The molecular formula is C19H16Cl2N4O4S. The van der Waals surface area contributed by atoms with Gasteiger partial charge in [-0.15, -0.1) is 0 Å². The van der Waals surface area contributed by atoms with Crippen molar-refractivity contribution in [3.63, 3.8) is 0 Å². The number of aromatic hydroxyl groups is 1. The number of nitrogens with one attached hydrogen (secondary N) is 1. The van der Waals surface area contributed by atoms with Gasteiger partial charge in [0.25, 0.3) is 5.91 Å². The Kier molecular flexibility index (Phi) is 6.22. The highest BCUT2D eigenvalue weighted by Crippen LogP contribution is 2.36. The van der Waals surface area contributed by atoms with Gasteiger partial charge in [-0.25, -0.2) is 18.3 Å². The van der Waals surface area contributed by atoms with Crippen molar-refractivity contribution in [3.8, 4) is 11.8 Å². The van der Waals surface area contributed by atoms with Crippen LogP contribution in [0.1, 0.15) is 12.0 Å². The molecule has 156 valence electrons. The average Bonchev–Trinajstić information content (AvgIpc) is 2.98. The quantitative estimate of drug-likeness (QED) is 0.652. The van der Waals surface area contributed by atoms with Crippen LogP contribution in [0.15, 0.2) is 41.4 Å². The SMILES string of the molecule is CS(=O)(=O)CC[C@@H]1N=C(Nc2ccc(C#N)cc2O)N(c2cccc(Cl)c2Cl)C1=O. The molecule has 0 saturated heterocycles. The molecule has 0 unspecified atom stereocenters. The fraction of sp³-hybridized carbons (Fsp3) is 0.211. The van der Waals surface area contributed by atoms with Gasteiger partial charge in [-0.1, -0.05) is 29.3 Å². The Labute approximate surface area is 183 Å². The van der Waals surface area contributed by atoms with Crippen LogP contribution >= 0.6 is 23.2 Å². The highest BCUT2D eigenvalue weighted by atomic mass is 35.5. The largest absolute Gasteiger partial charge is 0.506 e. The number of guanidine groups is 1. The van der Waals surface area contributed by atoms with E-state index in [2.05, 4.69) is 10.3 Å². The van der Waals surface area contributed by atoms with Crippen molar-refractivity contribution in [2.75, 3.05) is 22.2 Å². The fourth-order valence-electron chi connectivity index (χ4n) is 2.84. The van der Waals surface area contributed by atoms with Gasteiger partial charge in [0.1, 0.15) is 21.6 Å². The van der Waals surface area contributed by atoms with Gasteiger partial charge >= 0.3 is 0 Å². The van der Waals surface area contributed by atoms with Crippen LogP contribution in [-0.2, 0) is 14.6 Å². The first-order chi connectivity index (χ1) is 14.1. The van der Waals surface area contributed by atoms with E-state index in [1.807, 2.05) is 6.07 Å². The molecule has 30 heavy (non-hydrogen) atoms. The fourth-order valence-corrected chi connectivity index (χ4v) is 3.87. The van der Waals surface area contributed by atoms with Crippen LogP contribution in [0.3, 0.4) is 0 Å². The molecule has 1 amide bonds. The lowest BCUT2D eigenvalue weighted by molar-refractivity contribution is -0.118. The maximum atomic E-state index is 13.0. The van der Waals surface area contributed by atoms with Crippen LogP contribution in [0.25, 0.3) is 0 Å². The minimum atomic E-state index is -3.30. The summed E-state index contributed by atoms with van der Waals surface area (Å²) in [5.74, 6) is -0.888. The standard InChI is InChI=1S/C19H16Cl2N4O4S/c1-30(28,29)8-7-14-18(27)25(15-4-2-3-12(20)17(15)21)19(24-14)23-13-6-5-11(10-22)9-16(13)26/h2-6,9,14,26H,7-8H2,1H3,(H,23,24)/t14-/m0/s1. The van der Waals surface area contributed by atoms with E-state index < -0.39 is 21.8 Å². The third-order valence-corrected chi connectivity index (χ3v) is 6.09. The van der Waals surface area contributed by atoms with Crippen LogP contribution in [0, 0.1) is 11.3 Å². The molecule has 2 N–H and O–H groups in total. The number of carbonyl (C=O) groups is 1. The summed E-state index contributed by atoms with van der Waals surface area (Å²) in [4.78, 5) is 18.6. The van der Waals surface area contributed by atoms with E-state index in [4.69, 9.17) is 28.5 Å². The van der Waals surface area contributed by atoms with Crippen LogP contribution in [0.2, 0.25) is 10.0 Å². The number of rotatable bonds is 5. The summed E-state index contributed by atoms with van der Waals surface area (Å²) in [5.41, 5.74) is 0.714. The summed E-state index contributed by atoms with van der Waals surface area (Å²) in [6, 6.07) is 9.90. The van der Waals surface area contributed by atoms with Crippen molar-refractivity contribution in [3.05, 3.63) is 52.0 Å². The molecule has 1 aliphatic rings. The minimum absolute atomic E-state index is 0.0170. The second-order valence-electron chi connectivity index (χ2n) is 6.60. The molecule has 0 saturated carbocycles. The summed E-state index contributed by atoms with van der Waals surface area (Å²) >= 11 is 12.4. The number of sulfone groups is 1. The topological polar surface area (TPSA) is 123 Å². The second-order valence-corrected chi connectivity index (χ2v) is 9.65. The molecule has 11 heteroatoms. The van der Waals surface area contributed by atoms with Gasteiger partial charge in [0.05, 0.1) is 38.8 Å². The molecule has 8 nitrogen and oxygen atoms in total. The lowest BCUT2D eigenvalue weighted by Gasteiger charge is -2.22. The number of nitriles is 1. The Balaban J connectivity index is 2.01. The number of nitrogens with zero attached hydrogens (tertiary/aromatic N) is 3. The van der Waals surface area contributed by atoms with Gasteiger partial charge in [0.15, 0.2) is 0 Å². The summed E-state index contributed by atoms with van der Waals surface area (Å²) in [6.07, 6.45) is 1.06. The monoisotopic (exact) mass is 466 g/mol. The molecular weight excluding hydrogens is 451 g/mol. The minimum Gasteiger partial charge on any atom is -0.506 e. The van der Waals surface area contributed by atoms with Crippen molar-refractivity contribution in [2.24, 2.45) is 4.99 Å². The zero-order chi connectivity index (χ0) is 22.1. The molecule has 2 aromatic carbocycles. The van der Waals surface area contributed by atoms with Crippen LogP contribution in [0.5, 0.6) is 5.75 Å². The van der Waals surface area contributed by atoms with Crippen molar-refractivity contribution < 1.29 is 18.3 Å². The maximum Gasteiger partial charge on any atom is 0.258 e. The zero-order valence-electron chi connectivity index (χ0n) is 15.6. The molecule has 0 aliphatic carbocycles. The number of phenols is 1. The maximum absolute atomic E-state index is 13.0. The van der Waals surface area contributed by atoms with Crippen LogP contribution in [-0.4, -0.2) is 43.4 Å². The highest BCUT2D eigenvalue weighted by Gasteiger charge is 2.37. The predicted molar refractivity (Wildman–Crippen MR) is 116 cm³/mol. The van der Waals surface area contributed by atoms with E-state index in [1.165, 1.54) is 23.1 Å². The van der Waals surface area contributed by atoms with Crippen molar-refractivity contribution >= 4 is 56.3 Å². The highest BCUT2D eigenvalue weighted by molar-refractivity contribution is 7.90. The van der Waals surface area contributed by atoms with E-state index in [-0.39, 0.29) is 50.9 Å². The van der Waals surface area contributed by atoms with Crippen molar-refractivity contribution in [1.29, 1.82) is 5.26 Å². The van der Waals surface area contributed by atoms with Gasteiger partial charge in [0, 0.05) is 6.26 Å². The third kappa shape index (κ3) is 4.67. The van der Waals surface area contributed by atoms with Gasteiger partial charge in [-0.3, -0.25) is 4.79 Å². The molecule has 2 aromatic rings. The van der Waals surface area contributed by atoms with Gasteiger partial charge in [0.2, 0.25) is 5.96 Å². The first-order valence-corrected chi connectivity index (χ1v) is 11.5. The Hall–Kier alpha value is -2.80. The number of hydrogen-bond donors (Lipinski definition) is 2. The number of anilines is 2. The lowest BCUT2D eigenvalue weighted by atomic mass is 10.2. The molecule has 3 rings (SSSR count). The molecule has 1 aliphatic heterocycles. The molecule has 0 fully saturated rings. The number of halogens is 2. The van der Waals surface area contributed by atoms with Crippen molar-refractivity contribution in [1.82, 2.24) is 0 Å². The van der Waals surface area contributed by atoms with E-state index in [0.717, 1.165) is 6.26 Å². The number of amides is 1. The molecule has 0 radical (unpaired) electrons.